The second kappa shape index (κ2) is 10.9. The van der Waals surface area contributed by atoms with Crippen molar-refractivity contribution in [3.8, 4) is 0 Å². The molecular weight excluding hydrogens is 438 g/mol. The van der Waals surface area contributed by atoms with E-state index in [1.54, 1.807) is 18.3 Å². The Morgan fingerprint density at radius 1 is 1.16 bits per heavy atom. The Balaban J connectivity index is 1.40. The van der Waals surface area contributed by atoms with E-state index in [4.69, 9.17) is 11.6 Å². The van der Waals surface area contributed by atoms with E-state index in [0.717, 1.165) is 44.1 Å². The zero-order valence-corrected chi connectivity index (χ0v) is 19.1. The van der Waals surface area contributed by atoms with Crippen molar-refractivity contribution in [3.63, 3.8) is 0 Å². The van der Waals surface area contributed by atoms with Gasteiger partial charge in [-0.05, 0) is 36.4 Å². The fourth-order valence-electron chi connectivity index (χ4n) is 3.31. The minimum Gasteiger partial charge on any atom is -0.354 e. The summed E-state index contributed by atoms with van der Waals surface area (Å²) in [7, 11) is -3.70. The molecule has 10 heteroatoms. The van der Waals surface area contributed by atoms with Crippen LogP contribution in [0.5, 0.6) is 0 Å². The van der Waals surface area contributed by atoms with Gasteiger partial charge >= 0.3 is 0 Å². The third-order valence-electron chi connectivity index (χ3n) is 5.19. The Bertz CT molecular complexity index is 977. The van der Waals surface area contributed by atoms with Gasteiger partial charge in [0.05, 0.1) is 4.90 Å². The van der Waals surface area contributed by atoms with E-state index in [1.165, 1.54) is 12.1 Å². The standard InChI is InChI=1S/C21H28ClN5O3S/c1-2-26-10-12-27(13-11-26)20-7-6-17(15-23-20)16-24-21(28)8-9-25-31(29,30)19-5-3-4-18(22)14-19/h3-7,14-15,25H,2,8-13,16H2,1H3,(H,24,28). The summed E-state index contributed by atoms with van der Waals surface area (Å²) in [5.41, 5.74) is 0.892. The number of piperazine rings is 1. The monoisotopic (exact) mass is 465 g/mol. The van der Waals surface area contributed by atoms with Crippen LogP contribution in [0.4, 0.5) is 5.82 Å². The van der Waals surface area contributed by atoms with Crippen molar-refractivity contribution < 1.29 is 13.2 Å². The molecule has 1 aliphatic rings. The number of sulfonamides is 1. The van der Waals surface area contributed by atoms with E-state index in [1.807, 2.05) is 12.1 Å². The zero-order chi connectivity index (χ0) is 22.3. The first-order chi connectivity index (χ1) is 14.9. The van der Waals surface area contributed by atoms with Crippen molar-refractivity contribution in [1.29, 1.82) is 0 Å². The predicted octanol–water partition coefficient (Wildman–Crippen LogP) is 1.86. The van der Waals surface area contributed by atoms with E-state index < -0.39 is 10.0 Å². The third-order valence-corrected chi connectivity index (χ3v) is 6.89. The normalized spacial score (nSPS) is 15.1. The lowest BCUT2D eigenvalue weighted by Gasteiger charge is -2.34. The van der Waals surface area contributed by atoms with Crippen molar-refractivity contribution in [2.75, 3.05) is 44.2 Å². The third kappa shape index (κ3) is 6.90. The van der Waals surface area contributed by atoms with Crippen LogP contribution in [0.3, 0.4) is 0 Å². The molecule has 0 saturated carbocycles. The highest BCUT2D eigenvalue weighted by molar-refractivity contribution is 7.89. The summed E-state index contributed by atoms with van der Waals surface area (Å²) >= 11 is 5.83. The van der Waals surface area contributed by atoms with Gasteiger partial charge in [-0.3, -0.25) is 4.79 Å². The van der Waals surface area contributed by atoms with Crippen LogP contribution < -0.4 is 14.9 Å². The maximum absolute atomic E-state index is 12.2. The van der Waals surface area contributed by atoms with Gasteiger partial charge in [-0.1, -0.05) is 30.7 Å². The number of likely N-dealkylation sites (N-methyl/N-ethyl adjacent to an activating group) is 1. The molecule has 0 bridgehead atoms. The van der Waals surface area contributed by atoms with E-state index >= 15 is 0 Å². The van der Waals surface area contributed by atoms with E-state index in [-0.39, 0.29) is 23.8 Å². The van der Waals surface area contributed by atoms with Crippen LogP contribution in [-0.4, -0.2) is 63.5 Å². The minimum absolute atomic E-state index is 0.00159. The van der Waals surface area contributed by atoms with Crippen molar-refractivity contribution >= 4 is 33.3 Å². The molecule has 1 aromatic carbocycles. The van der Waals surface area contributed by atoms with Gasteiger partial charge < -0.3 is 15.1 Å². The van der Waals surface area contributed by atoms with Gasteiger partial charge in [0.2, 0.25) is 15.9 Å². The first-order valence-electron chi connectivity index (χ1n) is 10.3. The fraction of sp³-hybridized carbons (Fsp3) is 0.429. The molecule has 0 spiro atoms. The number of halogens is 1. The summed E-state index contributed by atoms with van der Waals surface area (Å²) in [5, 5.41) is 3.13. The van der Waals surface area contributed by atoms with Gasteiger partial charge in [-0.2, -0.15) is 0 Å². The first kappa shape index (κ1) is 23.5. The summed E-state index contributed by atoms with van der Waals surface area (Å²) in [6.45, 7) is 7.59. The highest BCUT2D eigenvalue weighted by Gasteiger charge is 2.17. The van der Waals surface area contributed by atoms with Crippen molar-refractivity contribution in [1.82, 2.24) is 19.9 Å². The van der Waals surface area contributed by atoms with Crippen LogP contribution in [-0.2, 0) is 21.4 Å². The van der Waals surface area contributed by atoms with Crippen LogP contribution in [0.25, 0.3) is 0 Å². The summed E-state index contributed by atoms with van der Waals surface area (Å²) in [6, 6.07) is 9.91. The molecule has 1 aromatic heterocycles. The van der Waals surface area contributed by atoms with Gasteiger partial charge in [0.25, 0.3) is 0 Å². The molecule has 0 radical (unpaired) electrons. The molecule has 1 fully saturated rings. The van der Waals surface area contributed by atoms with Crippen LogP contribution in [0, 0.1) is 0 Å². The molecular formula is C21H28ClN5O3S. The number of nitrogens with one attached hydrogen (secondary N) is 2. The molecule has 0 atom stereocenters. The number of hydrogen-bond acceptors (Lipinski definition) is 6. The maximum Gasteiger partial charge on any atom is 0.240 e. The van der Waals surface area contributed by atoms with Crippen molar-refractivity contribution in [2.24, 2.45) is 0 Å². The number of hydrogen-bond donors (Lipinski definition) is 2. The topological polar surface area (TPSA) is 94.6 Å². The predicted molar refractivity (Wildman–Crippen MR) is 122 cm³/mol. The number of carbonyl (C=O) groups is 1. The number of pyridine rings is 1. The molecule has 1 amide bonds. The van der Waals surface area contributed by atoms with Crippen molar-refractivity contribution in [2.45, 2.75) is 24.8 Å². The van der Waals surface area contributed by atoms with Crippen molar-refractivity contribution in [3.05, 3.63) is 53.2 Å². The molecule has 3 rings (SSSR count). The Morgan fingerprint density at radius 2 is 1.94 bits per heavy atom. The molecule has 2 heterocycles. The lowest BCUT2D eigenvalue weighted by atomic mass is 10.2. The number of aromatic nitrogens is 1. The Hall–Kier alpha value is -2.20. The summed E-state index contributed by atoms with van der Waals surface area (Å²) in [4.78, 5) is 21.3. The van der Waals surface area contributed by atoms with Gasteiger partial charge in [-0.25, -0.2) is 18.1 Å². The highest BCUT2D eigenvalue weighted by Crippen LogP contribution is 2.15. The van der Waals surface area contributed by atoms with Gasteiger partial charge in [0, 0.05) is 56.9 Å². The summed E-state index contributed by atoms with van der Waals surface area (Å²) in [6.07, 6.45) is 1.80. The zero-order valence-electron chi connectivity index (χ0n) is 17.6. The molecule has 2 N–H and O–H groups in total. The second-order valence-corrected chi connectivity index (χ2v) is 9.53. The number of carbonyl (C=O) groups excluding carboxylic acids is 1. The smallest absolute Gasteiger partial charge is 0.240 e. The number of benzene rings is 1. The number of anilines is 1. The first-order valence-corrected chi connectivity index (χ1v) is 12.2. The van der Waals surface area contributed by atoms with E-state index in [2.05, 4.69) is 31.7 Å². The van der Waals surface area contributed by atoms with E-state index in [9.17, 15) is 13.2 Å². The molecule has 8 nitrogen and oxygen atoms in total. The quantitative estimate of drug-likeness (QED) is 0.587. The average molecular weight is 466 g/mol. The number of nitrogens with zero attached hydrogens (tertiary/aromatic N) is 3. The lowest BCUT2D eigenvalue weighted by Crippen LogP contribution is -2.46. The Labute approximate surface area is 188 Å². The molecule has 0 aliphatic carbocycles. The number of rotatable bonds is 9. The summed E-state index contributed by atoms with van der Waals surface area (Å²) < 4.78 is 26.9. The molecule has 0 unspecified atom stereocenters. The van der Waals surface area contributed by atoms with Crippen LogP contribution in [0.2, 0.25) is 5.02 Å². The minimum atomic E-state index is -3.70. The highest BCUT2D eigenvalue weighted by atomic mass is 35.5. The van der Waals surface area contributed by atoms with Gasteiger partial charge in [0.15, 0.2) is 0 Å². The van der Waals surface area contributed by atoms with Gasteiger partial charge in [-0.15, -0.1) is 0 Å². The van der Waals surface area contributed by atoms with Crippen LogP contribution in [0.15, 0.2) is 47.5 Å². The van der Waals surface area contributed by atoms with Gasteiger partial charge in [0.1, 0.15) is 5.82 Å². The lowest BCUT2D eigenvalue weighted by molar-refractivity contribution is -0.121. The Kier molecular flexibility index (Phi) is 8.25. The molecule has 31 heavy (non-hydrogen) atoms. The number of amides is 1. The molecule has 1 aliphatic heterocycles. The fourth-order valence-corrected chi connectivity index (χ4v) is 4.64. The van der Waals surface area contributed by atoms with E-state index in [0.29, 0.717) is 11.6 Å². The largest absolute Gasteiger partial charge is 0.354 e. The summed E-state index contributed by atoms with van der Waals surface area (Å²) in [5.74, 6) is 0.704. The molecule has 2 aromatic rings. The molecule has 168 valence electrons. The SMILES string of the molecule is CCN1CCN(c2ccc(CNC(=O)CCNS(=O)(=O)c3cccc(Cl)c3)cn2)CC1. The average Bonchev–Trinajstić information content (AvgIpc) is 2.78. The molecule has 1 saturated heterocycles. The second-order valence-electron chi connectivity index (χ2n) is 7.33. The maximum atomic E-state index is 12.2. The Morgan fingerprint density at radius 3 is 2.58 bits per heavy atom. The van der Waals surface area contributed by atoms with Crippen LogP contribution in [0.1, 0.15) is 18.9 Å². The van der Waals surface area contributed by atoms with Crippen LogP contribution >= 0.6 is 11.6 Å².